The van der Waals surface area contributed by atoms with Crippen LogP contribution in [0.1, 0.15) is 37.8 Å². The first-order chi connectivity index (χ1) is 12.8. The molecule has 0 saturated carbocycles. The Morgan fingerprint density at radius 2 is 1.63 bits per heavy atom. The van der Waals surface area contributed by atoms with Crippen molar-refractivity contribution >= 4 is 23.4 Å². The zero-order valence-electron chi connectivity index (χ0n) is 16.5. The van der Waals surface area contributed by atoms with E-state index in [2.05, 4.69) is 6.07 Å². The maximum Gasteiger partial charge on any atom is 0.227 e. The van der Waals surface area contributed by atoms with Crippen LogP contribution in [-0.4, -0.2) is 60.7 Å². The topological polar surface area (TPSA) is 60.9 Å². The van der Waals surface area contributed by atoms with Gasteiger partial charge in [0.2, 0.25) is 17.7 Å². The van der Waals surface area contributed by atoms with Crippen LogP contribution in [0.4, 0.5) is 5.69 Å². The Balaban J connectivity index is 1.56. The molecule has 6 nitrogen and oxygen atoms in total. The van der Waals surface area contributed by atoms with Crippen LogP contribution >= 0.6 is 0 Å². The highest BCUT2D eigenvalue weighted by molar-refractivity contribution is 5.96. The van der Waals surface area contributed by atoms with Crippen molar-refractivity contribution in [3.63, 3.8) is 0 Å². The van der Waals surface area contributed by atoms with Gasteiger partial charge in [-0.2, -0.15) is 0 Å². The Bertz CT molecular complexity index is 736. The molecule has 146 valence electrons. The maximum atomic E-state index is 12.7. The van der Waals surface area contributed by atoms with E-state index in [0.29, 0.717) is 51.4 Å². The lowest BCUT2D eigenvalue weighted by atomic mass is 9.98. The summed E-state index contributed by atoms with van der Waals surface area (Å²) in [5.41, 5.74) is 3.06. The van der Waals surface area contributed by atoms with Crippen LogP contribution in [0, 0.1) is 5.92 Å². The summed E-state index contributed by atoms with van der Waals surface area (Å²) >= 11 is 0. The number of hydrogen-bond acceptors (Lipinski definition) is 3. The summed E-state index contributed by atoms with van der Waals surface area (Å²) in [4.78, 5) is 42.0. The molecular weight excluding hydrogens is 342 g/mol. The van der Waals surface area contributed by atoms with Crippen molar-refractivity contribution in [2.75, 3.05) is 38.1 Å². The van der Waals surface area contributed by atoms with Gasteiger partial charge >= 0.3 is 0 Å². The molecule has 1 aromatic carbocycles. The van der Waals surface area contributed by atoms with Crippen molar-refractivity contribution in [3.8, 4) is 0 Å². The van der Waals surface area contributed by atoms with Crippen molar-refractivity contribution < 1.29 is 14.4 Å². The highest BCUT2D eigenvalue weighted by Crippen LogP contribution is 2.27. The molecule has 0 bridgehead atoms. The van der Waals surface area contributed by atoms with Crippen molar-refractivity contribution in [2.45, 2.75) is 39.5 Å². The molecule has 3 amide bonds. The largest absolute Gasteiger partial charge is 0.339 e. The third kappa shape index (κ3) is 4.49. The van der Waals surface area contributed by atoms with Crippen molar-refractivity contribution in [1.82, 2.24) is 9.80 Å². The lowest BCUT2D eigenvalue weighted by molar-refractivity contribution is -0.139. The fraction of sp³-hybridized carbons (Fsp3) is 0.571. The molecule has 6 heteroatoms. The van der Waals surface area contributed by atoms with E-state index in [9.17, 15) is 14.4 Å². The Kier molecular flexibility index (Phi) is 5.82. The zero-order chi connectivity index (χ0) is 19.6. The van der Waals surface area contributed by atoms with Gasteiger partial charge in [-0.1, -0.05) is 26.0 Å². The number of fused-ring (bicyclic) bond motifs is 1. The number of anilines is 1. The molecule has 2 heterocycles. The summed E-state index contributed by atoms with van der Waals surface area (Å²) in [6.45, 7) is 6.53. The molecule has 0 aromatic heterocycles. The maximum absolute atomic E-state index is 12.7. The Labute approximate surface area is 161 Å². The fourth-order valence-corrected chi connectivity index (χ4v) is 3.79. The average molecular weight is 371 g/mol. The van der Waals surface area contributed by atoms with E-state index >= 15 is 0 Å². The first kappa shape index (κ1) is 19.4. The molecule has 3 rings (SSSR count). The molecule has 1 fully saturated rings. The molecule has 2 aliphatic rings. The number of amides is 3. The van der Waals surface area contributed by atoms with Crippen LogP contribution in [-0.2, 0) is 27.2 Å². The lowest BCUT2D eigenvalue weighted by Gasteiger charge is -2.35. The average Bonchev–Trinajstić information content (AvgIpc) is 2.64. The summed E-state index contributed by atoms with van der Waals surface area (Å²) in [5.74, 6) is 0.781. The monoisotopic (exact) mass is 371 g/mol. The first-order valence-electron chi connectivity index (χ1n) is 9.79. The van der Waals surface area contributed by atoms with E-state index in [0.717, 1.165) is 23.2 Å². The molecule has 0 N–H and O–H groups in total. The van der Waals surface area contributed by atoms with Gasteiger partial charge in [0.1, 0.15) is 0 Å². The van der Waals surface area contributed by atoms with Gasteiger partial charge < -0.3 is 14.7 Å². The first-order valence-corrected chi connectivity index (χ1v) is 9.79. The zero-order valence-corrected chi connectivity index (χ0v) is 16.5. The fourth-order valence-electron chi connectivity index (χ4n) is 3.79. The predicted octanol–water partition coefficient (Wildman–Crippen LogP) is 1.85. The summed E-state index contributed by atoms with van der Waals surface area (Å²) in [6, 6.07) is 5.93. The summed E-state index contributed by atoms with van der Waals surface area (Å²) in [5, 5.41) is 0. The smallest absolute Gasteiger partial charge is 0.227 e. The molecule has 27 heavy (non-hydrogen) atoms. The Morgan fingerprint density at radius 3 is 2.26 bits per heavy atom. The molecule has 1 aromatic rings. The highest BCUT2D eigenvalue weighted by atomic mass is 16.2. The van der Waals surface area contributed by atoms with Gasteiger partial charge in [-0.3, -0.25) is 14.4 Å². The summed E-state index contributed by atoms with van der Waals surface area (Å²) in [6.07, 6.45) is 2.19. The molecule has 0 unspecified atom stereocenters. The van der Waals surface area contributed by atoms with Gasteiger partial charge in [0, 0.05) is 51.8 Å². The van der Waals surface area contributed by atoms with Crippen LogP contribution in [0.3, 0.4) is 0 Å². The summed E-state index contributed by atoms with van der Waals surface area (Å²) in [7, 11) is 1.80. The van der Waals surface area contributed by atoms with E-state index < -0.39 is 0 Å². The van der Waals surface area contributed by atoms with E-state index in [4.69, 9.17) is 0 Å². The molecule has 0 atom stereocenters. The molecule has 0 spiro atoms. The number of nitrogens with zero attached hydrogens (tertiary/aromatic N) is 3. The van der Waals surface area contributed by atoms with Crippen LogP contribution < -0.4 is 4.90 Å². The van der Waals surface area contributed by atoms with Gasteiger partial charge in [0.15, 0.2) is 0 Å². The number of carbonyl (C=O) groups is 3. The van der Waals surface area contributed by atoms with Crippen molar-refractivity contribution in [1.29, 1.82) is 0 Å². The van der Waals surface area contributed by atoms with Crippen LogP contribution in [0.15, 0.2) is 18.2 Å². The Morgan fingerprint density at radius 1 is 1.00 bits per heavy atom. The normalized spacial score (nSPS) is 17.3. The highest BCUT2D eigenvalue weighted by Gasteiger charge is 2.25. The van der Waals surface area contributed by atoms with Gasteiger partial charge in [-0.25, -0.2) is 0 Å². The second-order valence-corrected chi connectivity index (χ2v) is 7.95. The lowest BCUT2D eigenvalue weighted by Crippen LogP contribution is -2.51. The number of rotatable bonds is 4. The van der Waals surface area contributed by atoms with E-state index in [-0.39, 0.29) is 17.7 Å². The Hall–Kier alpha value is -2.37. The van der Waals surface area contributed by atoms with Gasteiger partial charge in [0.05, 0.1) is 6.42 Å². The van der Waals surface area contributed by atoms with E-state index in [1.165, 1.54) is 0 Å². The van der Waals surface area contributed by atoms with Crippen molar-refractivity contribution in [3.05, 3.63) is 29.3 Å². The minimum Gasteiger partial charge on any atom is -0.339 e. The second kappa shape index (κ2) is 8.11. The number of hydrogen-bond donors (Lipinski definition) is 0. The molecular formula is C21H29N3O3. The molecule has 0 radical (unpaired) electrons. The molecule has 1 saturated heterocycles. The van der Waals surface area contributed by atoms with Crippen molar-refractivity contribution in [2.24, 2.45) is 5.92 Å². The third-order valence-corrected chi connectivity index (χ3v) is 5.41. The van der Waals surface area contributed by atoms with Gasteiger partial charge in [-0.15, -0.1) is 0 Å². The summed E-state index contributed by atoms with van der Waals surface area (Å²) < 4.78 is 0. The van der Waals surface area contributed by atoms with Gasteiger partial charge in [0.25, 0.3) is 0 Å². The quantitative estimate of drug-likeness (QED) is 0.812. The SMILES string of the molecule is CC(C)CC(=O)N1CCN(C(=O)Cc2ccc3c(c2)CCC(=O)N3C)CC1. The van der Waals surface area contributed by atoms with Crippen LogP contribution in [0.25, 0.3) is 0 Å². The number of piperazine rings is 1. The van der Waals surface area contributed by atoms with E-state index in [1.54, 1.807) is 11.9 Å². The standard InChI is InChI=1S/C21H29N3O3/c1-15(2)12-20(26)23-8-10-24(11-9-23)21(27)14-16-4-6-18-17(13-16)5-7-19(25)22(18)3/h4,6,13,15H,5,7-12,14H2,1-3H3. The van der Waals surface area contributed by atoms with Gasteiger partial charge in [-0.05, 0) is 29.5 Å². The third-order valence-electron chi connectivity index (χ3n) is 5.41. The number of aryl methyl sites for hydroxylation is 1. The van der Waals surface area contributed by atoms with E-state index in [1.807, 2.05) is 35.8 Å². The molecule has 0 aliphatic carbocycles. The minimum atomic E-state index is 0.103. The second-order valence-electron chi connectivity index (χ2n) is 7.95. The molecule has 2 aliphatic heterocycles. The van der Waals surface area contributed by atoms with Crippen LogP contribution in [0.2, 0.25) is 0 Å². The number of carbonyl (C=O) groups excluding carboxylic acids is 3. The minimum absolute atomic E-state index is 0.103. The van der Waals surface area contributed by atoms with Crippen LogP contribution in [0.5, 0.6) is 0 Å². The predicted molar refractivity (Wildman–Crippen MR) is 104 cm³/mol. The number of benzene rings is 1.